The van der Waals surface area contributed by atoms with E-state index >= 15 is 0 Å². The van der Waals surface area contributed by atoms with Gasteiger partial charge < -0.3 is 5.32 Å². The van der Waals surface area contributed by atoms with Crippen LogP contribution in [0.2, 0.25) is 0 Å². The van der Waals surface area contributed by atoms with Crippen molar-refractivity contribution in [1.82, 2.24) is 4.72 Å². The molecule has 1 aromatic rings. The largest absolute Gasteiger partial charge is 0.385 e. The molecule has 0 heterocycles. The molecule has 0 atom stereocenters. The maximum absolute atomic E-state index is 12.4. The third-order valence-electron chi connectivity index (χ3n) is 4.10. The van der Waals surface area contributed by atoms with Crippen molar-refractivity contribution in [3.63, 3.8) is 0 Å². The molecule has 2 N–H and O–H groups in total. The standard InChI is InChI=1S/C15H22N2O2S/c1-2-16-13-7-9-14(10-8-13)20(18,19)17-15(11-3-4-11)12-5-6-12/h7-12,15-17H,2-6H2,1H3. The van der Waals surface area contributed by atoms with Gasteiger partial charge in [-0.3, -0.25) is 0 Å². The van der Waals surface area contributed by atoms with Gasteiger partial charge in [-0.1, -0.05) is 0 Å². The summed E-state index contributed by atoms with van der Waals surface area (Å²) >= 11 is 0. The van der Waals surface area contributed by atoms with Crippen molar-refractivity contribution in [2.24, 2.45) is 11.8 Å². The summed E-state index contributed by atoms with van der Waals surface area (Å²) in [5.74, 6) is 1.14. The predicted molar refractivity (Wildman–Crippen MR) is 80.2 cm³/mol. The maximum atomic E-state index is 12.4. The van der Waals surface area contributed by atoms with Crippen LogP contribution in [0.4, 0.5) is 5.69 Å². The Labute approximate surface area is 121 Å². The van der Waals surface area contributed by atoms with Gasteiger partial charge in [0.2, 0.25) is 10.0 Å². The molecular formula is C15H22N2O2S. The second-order valence-electron chi connectivity index (χ2n) is 5.88. The first-order valence-electron chi connectivity index (χ1n) is 7.46. The molecule has 0 radical (unpaired) electrons. The molecule has 0 aromatic heterocycles. The third-order valence-corrected chi connectivity index (χ3v) is 5.57. The van der Waals surface area contributed by atoms with Crippen LogP contribution in [0.3, 0.4) is 0 Å². The van der Waals surface area contributed by atoms with Gasteiger partial charge in [0.15, 0.2) is 0 Å². The van der Waals surface area contributed by atoms with Gasteiger partial charge >= 0.3 is 0 Å². The van der Waals surface area contributed by atoms with Crippen LogP contribution in [0, 0.1) is 11.8 Å². The lowest BCUT2D eigenvalue weighted by Crippen LogP contribution is -2.38. The highest BCUT2D eigenvalue weighted by Gasteiger charge is 2.43. The lowest BCUT2D eigenvalue weighted by atomic mass is 10.1. The van der Waals surface area contributed by atoms with E-state index < -0.39 is 10.0 Å². The van der Waals surface area contributed by atoms with Crippen molar-refractivity contribution >= 4 is 15.7 Å². The van der Waals surface area contributed by atoms with Crippen molar-refractivity contribution in [2.45, 2.75) is 43.5 Å². The number of nitrogens with one attached hydrogen (secondary N) is 2. The highest BCUT2D eigenvalue weighted by Crippen LogP contribution is 2.45. The van der Waals surface area contributed by atoms with Crippen molar-refractivity contribution in [2.75, 3.05) is 11.9 Å². The van der Waals surface area contributed by atoms with E-state index in [1.807, 2.05) is 19.1 Å². The molecule has 0 spiro atoms. The SMILES string of the molecule is CCNc1ccc(S(=O)(=O)NC(C2CC2)C2CC2)cc1. The van der Waals surface area contributed by atoms with Crippen molar-refractivity contribution < 1.29 is 8.42 Å². The van der Waals surface area contributed by atoms with Crippen LogP contribution >= 0.6 is 0 Å². The van der Waals surface area contributed by atoms with Gasteiger partial charge in [-0.15, -0.1) is 0 Å². The molecule has 0 saturated heterocycles. The molecule has 2 aliphatic carbocycles. The molecule has 0 unspecified atom stereocenters. The fourth-order valence-electron chi connectivity index (χ4n) is 2.69. The van der Waals surface area contributed by atoms with Gasteiger partial charge in [0.1, 0.15) is 0 Å². The number of hydrogen-bond donors (Lipinski definition) is 2. The molecule has 0 aliphatic heterocycles. The van der Waals surface area contributed by atoms with E-state index in [9.17, 15) is 8.42 Å². The van der Waals surface area contributed by atoms with Crippen LogP contribution in [0.25, 0.3) is 0 Å². The summed E-state index contributed by atoms with van der Waals surface area (Å²) in [4.78, 5) is 0.366. The summed E-state index contributed by atoms with van der Waals surface area (Å²) < 4.78 is 27.8. The molecule has 20 heavy (non-hydrogen) atoms. The molecule has 5 heteroatoms. The zero-order chi connectivity index (χ0) is 14.2. The lowest BCUT2D eigenvalue weighted by Gasteiger charge is -2.17. The first-order chi connectivity index (χ1) is 9.60. The Morgan fingerprint density at radius 2 is 1.65 bits per heavy atom. The van der Waals surface area contributed by atoms with Gasteiger partial charge in [-0.05, 0) is 68.7 Å². The molecule has 2 saturated carbocycles. The smallest absolute Gasteiger partial charge is 0.240 e. The fraction of sp³-hybridized carbons (Fsp3) is 0.600. The van der Waals surface area contributed by atoms with Crippen LogP contribution in [0.1, 0.15) is 32.6 Å². The van der Waals surface area contributed by atoms with Gasteiger partial charge in [0.05, 0.1) is 4.90 Å². The van der Waals surface area contributed by atoms with E-state index in [1.165, 1.54) is 25.7 Å². The van der Waals surface area contributed by atoms with E-state index in [4.69, 9.17) is 0 Å². The Kier molecular flexibility index (Phi) is 3.73. The molecule has 4 nitrogen and oxygen atoms in total. The number of rotatable bonds is 7. The number of hydrogen-bond acceptors (Lipinski definition) is 3. The quantitative estimate of drug-likeness (QED) is 0.812. The monoisotopic (exact) mass is 294 g/mol. The van der Waals surface area contributed by atoms with Crippen LogP contribution in [-0.2, 0) is 10.0 Å². The average molecular weight is 294 g/mol. The Bertz CT molecular complexity index is 548. The molecule has 2 fully saturated rings. The molecule has 0 bridgehead atoms. The van der Waals surface area contributed by atoms with Crippen LogP contribution in [0.15, 0.2) is 29.2 Å². The average Bonchev–Trinajstić information content (AvgIpc) is 3.29. The molecule has 3 rings (SSSR count). The molecule has 2 aliphatic rings. The summed E-state index contributed by atoms with van der Waals surface area (Å²) in [7, 11) is -3.38. The summed E-state index contributed by atoms with van der Waals surface area (Å²) in [6.45, 7) is 2.85. The van der Waals surface area contributed by atoms with Crippen molar-refractivity contribution in [1.29, 1.82) is 0 Å². The van der Waals surface area contributed by atoms with E-state index in [0.29, 0.717) is 16.7 Å². The second-order valence-corrected chi connectivity index (χ2v) is 7.59. The van der Waals surface area contributed by atoms with Gasteiger partial charge in [0.25, 0.3) is 0 Å². The Morgan fingerprint density at radius 3 is 2.10 bits per heavy atom. The lowest BCUT2D eigenvalue weighted by molar-refractivity contribution is 0.471. The van der Waals surface area contributed by atoms with E-state index in [0.717, 1.165) is 12.2 Å². The van der Waals surface area contributed by atoms with Gasteiger partial charge in [0, 0.05) is 18.3 Å². The molecular weight excluding hydrogens is 272 g/mol. The minimum atomic E-state index is -3.38. The third kappa shape index (κ3) is 3.15. The topological polar surface area (TPSA) is 58.2 Å². The zero-order valence-electron chi connectivity index (χ0n) is 11.8. The number of anilines is 1. The van der Waals surface area contributed by atoms with Gasteiger partial charge in [-0.25, -0.2) is 13.1 Å². The Morgan fingerprint density at radius 1 is 1.10 bits per heavy atom. The summed E-state index contributed by atoms with van der Waals surface area (Å²) in [6.07, 6.45) is 4.68. The number of sulfonamides is 1. The maximum Gasteiger partial charge on any atom is 0.240 e. The zero-order valence-corrected chi connectivity index (χ0v) is 12.6. The predicted octanol–water partition coefficient (Wildman–Crippen LogP) is 2.59. The first-order valence-corrected chi connectivity index (χ1v) is 8.95. The normalized spacial score (nSPS) is 19.3. The Balaban J connectivity index is 1.73. The highest BCUT2D eigenvalue weighted by atomic mass is 32.2. The van der Waals surface area contributed by atoms with Crippen molar-refractivity contribution in [3.8, 4) is 0 Å². The van der Waals surface area contributed by atoms with E-state index in [2.05, 4.69) is 10.0 Å². The van der Waals surface area contributed by atoms with Gasteiger partial charge in [-0.2, -0.15) is 0 Å². The minimum Gasteiger partial charge on any atom is -0.385 e. The van der Waals surface area contributed by atoms with E-state index in [1.54, 1.807) is 12.1 Å². The fourth-order valence-corrected chi connectivity index (χ4v) is 4.06. The molecule has 1 aromatic carbocycles. The van der Waals surface area contributed by atoms with Crippen LogP contribution < -0.4 is 10.0 Å². The Hall–Kier alpha value is -1.07. The van der Waals surface area contributed by atoms with E-state index in [-0.39, 0.29) is 6.04 Å². The van der Waals surface area contributed by atoms with Crippen molar-refractivity contribution in [3.05, 3.63) is 24.3 Å². The summed E-state index contributed by atoms with van der Waals surface area (Å²) in [5, 5.41) is 3.17. The molecule has 110 valence electrons. The highest BCUT2D eigenvalue weighted by molar-refractivity contribution is 7.89. The molecule has 0 amide bonds. The van der Waals surface area contributed by atoms with Crippen LogP contribution in [-0.4, -0.2) is 21.0 Å². The number of benzene rings is 1. The summed E-state index contributed by atoms with van der Waals surface area (Å²) in [5.41, 5.74) is 0.951. The minimum absolute atomic E-state index is 0.161. The first kappa shape index (κ1) is 13.9. The van der Waals surface area contributed by atoms with Crippen LogP contribution in [0.5, 0.6) is 0 Å². The summed E-state index contributed by atoms with van der Waals surface area (Å²) in [6, 6.07) is 7.16. The second kappa shape index (κ2) is 5.37.